The second-order valence-electron chi connectivity index (χ2n) is 4.02. The molecule has 104 valence electrons. The monoisotopic (exact) mass is 292 g/mol. The maximum absolute atomic E-state index is 13.0. The van der Waals surface area contributed by atoms with Crippen molar-refractivity contribution in [2.45, 2.75) is 11.8 Å². The highest BCUT2D eigenvalue weighted by Crippen LogP contribution is 2.32. The highest BCUT2D eigenvalue weighted by Gasteiger charge is 2.16. The molecule has 0 fully saturated rings. The SMILES string of the molecule is CCSc1cc(N)c(C(=O)O)nc1-c1ccc(F)cc1. The number of pyridine rings is 1. The molecule has 0 saturated carbocycles. The number of nitrogen functional groups attached to an aromatic ring is 1. The van der Waals surface area contributed by atoms with E-state index in [9.17, 15) is 9.18 Å². The van der Waals surface area contributed by atoms with E-state index in [0.717, 1.165) is 10.6 Å². The number of hydrogen-bond acceptors (Lipinski definition) is 4. The molecule has 2 rings (SSSR count). The first kappa shape index (κ1) is 14.3. The molecule has 4 nitrogen and oxygen atoms in total. The molecule has 0 unspecified atom stereocenters. The maximum Gasteiger partial charge on any atom is 0.356 e. The molecule has 0 atom stereocenters. The van der Waals surface area contributed by atoms with Gasteiger partial charge in [-0.2, -0.15) is 0 Å². The quantitative estimate of drug-likeness (QED) is 0.846. The Morgan fingerprint density at radius 2 is 2.05 bits per heavy atom. The summed E-state index contributed by atoms with van der Waals surface area (Å²) in [5.41, 5.74) is 6.80. The van der Waals surface area contributed by atoms with Gasteiger partial charge < -0.3 is 10.8 Å². The fourth-order valence-electron chi connectivity index (χ4n) is 1.76. The number of carbonyl (C=O) groups is 1. The van der Waals surface area contributed by atoms with Crippen LogP contribution in [-0.2, 0) is 0 Å². The van der Waals surface area contributed by atoms with Crippen LogP contribution in [0.25, 0.3) is 11.3 Å². The Hall–Kier alpha value is -2.08. The molecule has 0 aliphatic heterocycles. The van der Waals surface area contributed by atoms with Gasteiger partial charge in [0, 0.05) is 10.5 Å². The van der Waals surface area contributed by atoms with E-state index in [1.165, 1.54) is 23.9 Å². The van der Waals surface area contributed by atoms with Gasteiger partial charge in [0.25, 0.3) is 0 Å². The lowest BCUT2D eigenvalue weighted by Crippen LogP contribution is -2.07. The van der Waals surface area contributed by atoms with E-state index in [0.29, 0.717) is 11.3 Å². The van der Waals surface area contributed by atoms with E-state index in [1.54, 1.807) is 18.2 Å². The second kappa shape index (κ2) is 5.92. The van der Waals surface area contributed by atoms with Gasteiger partial charge in [0.1, 0.15) is 5.82 Å². The van der Waals surface area contributed by atoms with Crippen molar-refractivity contribution in [1.82, 2.24) is 4.98 Å². The summed E-state index contributed by atoms with van der Waals surface area (Å²) in [4.78, 5) is 16.0. The predicted molar refractivity (Wildman–Crippen MR) is 77.4 cm³/mol. The van der Waals surface area contributed by atoms with E-state index in [4.69, 9.17) is 10.8 Å². The zero-order valence-corrected chi connectivity index (χ0v) is 11.6. The second-order valence-corrected chi connectivity index (χ2v) is 5.32. The Bertz CT molecular complexity index is 644. The Kier molecular flexibility index (Phi) is 4.24. The van der Waals surface area contributed by atoms with Gasteiger partial charge in [-0.3, -0.25) is 0 Å². The van der Waals surface area contributed by atoms with Gasteiger partial charge in [-0.1, -0.05) is 6.92 Å². The van der Waals surface area contributed by atoms with Crippen molar-refractivity contribution in [2.75, 3.05) is 11.5 Å². The van der Waals surface area contributed by atoms with Gasteiger partial charge >= 0.3 is 5.97 Å². The lowest BCUT2D eigenvalue weighted by atomic mass is 10.1. The molecule has 1 heterocycles. The molecule has 6 heteroatoms. The summed E-state index contributed by atoms with van der Waals surface area (Å²) in [6.07, 6.45) is 0. The number of carboxylic acids is 1. The first-order chi connectivity index (χ1) is 9.52. The minimum atomic E-state index is -1.18. The predicted octanol–water partition coefficient (Wildman–Crippen LogP) is 3.28. The number of thioether (sulfide) groups is 1. The Labute approximate surface area is 119 Å². The van der Waals surface area contributed by atoms with Crippen molar-refractivity contribution in [1.29, 1.82) is 0 Å². The maximum atomic E-state index is 13.0. The molecule has 0 spiro atoms. The summed E-state index contributed by atoms with van der Waals surface area (Å²) >= 11 is 1.51. The van der Waals surface area contributed by atoms with Crippen LogP contribution in [0.15, 0.2) is 35.2 Å². The van der Waals surface area contributed by atoms with Crippen molar-refractivity contribution in [3.05, 3.63) is 41.8 Å². The first-order valence-corrected chi connectivity index (χ1v) is 6.94. The topological polar surface area (TPSA) is 76.2 Å². The number of halogens is 1. The van der Waals surface area contributed by atoms with E-state index < -0.39 is 5.97 Å². The van der Waals surface area contributed by atoms with Crippen LogP contribution in [0.4, 0.5) is 10.1 Å². The van der Waals surface area contributed by atoms with Gasteiger partial charge in [-0.25, -0.2) is 14.2 Å². The molecular weight excluding hydrogens is 279 g/mol. The van der Waals surface area contributed by atoms with Crippen molar-refractivity contribution in [3.8, 4) is 11.3 Å². The van der Waals surface area contributed by atoms with Crippen LogP contribution in [0, 0.1) is 5.82 Å². The highest BCUT2D eigenvalue weighted by atomic mass is 32.2. The third-order valence-electron chi connectivity index (χ3n) is 2.64. The molecule has 0 aliphatic rings. The molecular formula is C14H13FN2O2S. The van der Waals surface area contributed by atoms with Crippen LogP contribution in [-0.4, -0.2) is 21.8 Å². The molecule has 1 aromatic carbocycles. The van der Waals surface area contributed by atoms with Crippen molar-refractivity contribution in [2.24, 2.45) is 0 Å². The first-order valence-electron chi connectivity index (χ1n) is 5.95. The Morgan fingerprint density at radius 3 is 2.60 bits per heavy atom. The molecule has 0 saturated heterocycles. The van der Waals surface area contributed by atoms with Crippen LogP contribution in [0.2, 0.25) is 0 Å². The van der Waals surface area contributed by atoms with Crippen LogP contribution in [0.5, 0.6) is 0 Å². The fraction of sp³-hybridized carbons (Fsp3) is 0.143. The number of nitrogens with two attached hydrogens (primary N) is 1. The van der Waals surface area contributed by atoms with Crippen molar-refractivity contribution >= 4 is 23.4 Å². The number of aromatic nitrogens is 1. The number of rotatable bonds is 4. The summed E-state index contributed by atoms with van der Waals surface area (Å²) in [5.74, 6) is -0.742. The number of benzene rings is 1. The molecule has 0 amide bonds. The average Bonchev–Trinajstić information content (AvgIpc) is 2.40. The average molecular weight is 292 g/mol. The summed E-state index contributed by atoms with van der Waals surface area (Å²) < 4.78 is 13.0. The van der Waals surface area contributed by atoms with Crippen molar-refractivity contribution < 1.29 is 14.3 Å². The molecule has 0 aliphatic carbocycles. The third-order valence-corrected chi connectivity index (χ3v) is 3.55. The lowest BCUT2D eigenvalue weighted by Gasteiger charge is -2.11. The van der Waals surface area contributed by atoms with Gasteiger partial charge in [-0.05, 0) is 36.1 Å². The Morgan fingerprint density at radius 1 is 1.40 bits per heavy atom. The lowest BCUT2D eigenvalue weighted by molar-refractivity contribution is 0.0692. The van der Waals surface area contributed by atoms with Gasteiger partial charge in [0.2, 0.25) is 0 Å². The third kappa shape index (κ3) is 2.91. The molecule has 0 radical (unpaired) electrons. The Balaban J connectivity index is 2.61. The number of hydrogen-bond donors (Lipinski definition) is 2. The normalized spacial score (nSPS) is 10.5. The summed E-state index contributed by atoms with van der Waals surface area (Å²) in [5, 5.41) is 9.09. The van der Waals surface area contributed by atoms with E-state index >= 15 is 0 Å². The van der Waals surface area contributed by atoms with E-state index in [2.05, 4.69) is 4.98 Å². The number of carboxylic acid groups (broad SMARTS) is 1. The van der Waals surface area contributed by atoms with Crippen molar-refractivity contribution in [3.63, 3.8) is 0 Å². The van der Waals surface area contributed by atoms with Crippen LogP contribution >= 0.6 is 11.8 Å². The summed E-state index contributed by atoms with van der Waals surface area (Å²) in [6.45, 7) is 1.97. The van der Waals surface area contributed by atoms with Gasteiger partial charge in [0.05, 0.1) is 11.4 Å². The van der Waals surface area contributed by atoms with Crippen LogP contribution in [0.1, 0.15) is 17.4 Å². The number of anilines is 1. The van der Waals surface area contributed by atoms with Gasteiger partial charge in [0.15, 0.2) is 5.69 Å². The number of nitrogens with zero attached hydrogens (tertiary/aromatic N) is 1. The fourth-order valence-corrected chi connectivity index (χ4v) is 2.58. The van der Waals surface area contributed by atoms with E-state index in [-0.39, 0.29) is 17.2 Å². The summed E-state index contributed by atoms with van der Waals surface area (Å²) in [6, 6.07) is 7.37. The standard InChI is InChI=1S/C14H13FN2O2S/c1-2-20-11-7-10(16)13(14(18)19)17-12(11)8-3-5-9(15)6-4-8/h3-7H,2,16H2,1H3,(H,18,19). The summed E-state index contributed by atoms with van der Waals surface area (Å²) in [7, 11) is 0. The molecule has 1 aromatic heterocycles. The van der Waals surface area contributed by atoms with Gasteiger partial charge in [-0.15, -0.1) is 11.8 Å². The molecule has 0 bridgehead atoms. The number of aromatic carboxylic acids is 1. The molecule has 3 N–H and O–H groups in total. The van der Waals surface area contributed by atoms with Crippen LogP contribution < -0.4 is 5.73 Å². The van der Waals surface area contributed by atoms with Crippen LogP contribution in [0.3, 0.4) is 0 Å². The zero-order valence-electron chi connectivity index (χ0n) is 10.8. The minimum Gasteiger partial charge on any atom is -0.476 e. The largest absolute Gasteiger partial charge is 0.476 e. The smallest absolute Gasteiger partial charge is 0.356 e. The zero-order chi connectivity index (χ0) is 14.7. The highest BCUT2D eigenvalue weighted by molar-refractivity contribution is 7.99. The molecule has 2 aromatic rings. The van der Waals surface area contributed by atoms with E-state index in [1.807, 2.05) is 6.92 Å². The molecule has 20 heavy (non-hydrogen) atoms. The minimum absolute atomic E-state index is 0.124.